The third-order valence-corrected chi connectivity index (χ3v) is 3.94. The molecule has 0 saturated carbocycles. The fourth-order valence-corrected chi connectivity index (χ4v) is 2.76. The van der Waals surface area contributed by atoms with Gasteiger partial charge in [-0.15, -0.1) is 0 Å². The van der Waals surface area contributed by atoms with Gasteiger partial charge in [-0.2, -0.15) is 18.3 Å². The van der Waals surface area contributed by atoms with Crippen LogP contribution in [0, 0.1) is 6.92 Å². The van der Waals surface area contributed by atoms with E-state index in [9.17, 15) is 18.0 Å². The van der Waals surface area contributed by atoms with Crippen molar-refractivity contribution in [2.24, 2.45) is 0 Å². The SMILES string of the molecule is Cc1nn2cc(CNC(=O)c3ccc(C(F)(F)F)cc3)nc2s1. The lowest BCUT2D eigenvalue weighted by Crippen LogP contribution is -2.23. The van der Waals surface area contributed by atoms with Gasteiger partial charge in [0.25, 0.3) is 5.91 Å². The average Bonchev–Trinajstić information content (AvgIpc) is 3.00. The predicted octanol–water partition coefficient (Wildman–Crippen LogP) is 3.05. The fourth-order valence-electron chi connectivity index (χ4n) is 2.01. The van der Waals surface area contributed by atoms with Crippen LogP contribution >= 0.6 is 11.3 Å². The molecule has 120 valence electrons. The summed E-state index contributed by atoms with van der Waals surface area (Å²) in [7, 11) is 0. The highest BCUT2D eigenvalue weighted by molar-refractivity contribution is 7.16. The van der Waals surface area contributed by atoms with Gasteiger partial charge in [0.2, 0.25) is 4.96 Å². The summed E-state index contributed by atoms with van der Waals surface area (Å²) < 4.78 is 39.0. The van der Waals surface area contributed by atoms with E-state index >= 15 is 0 Å². The number of rotatable bonds is 3. The second-order valence-electron chi connectivity index (χ2n) is 4.84. The second-order valence-corrected chi connectivity index (χ2v) is 6.00. The molecule has 0 atom stereocenters. The van der Waals surface area contributed by atoms with Gasteiger partial charge in [-0.05, 0) is 31.2 Å². The minimum Gasteiger partial charge on any atom is -0.346 e. The molecule has 0 unspecified atom stereocenters. The van der Waals surface area contributed by atoms with Crippen LogP contribution in [0.1, 0.15) is 26.6 Å². The number of carbonyl (C=O) groups excluding carboxylic acids is 1. The third-order valence-electron chi connectivity index (χ3n) is 3.10. The first-order valence-corrected chi connectivity index (χ1v) is 7.42. The predicted molar refractivity (Wildman–Crippen MR) is 78.2 cm³/mol. The molecule has 0 aliphatic heterocycles. The number of benzene rings is 1. The summed E-state index contributed by atoms with van der Waals surface area (Å²) in [5.74, 6) is -0.459. The highest BCUT2D eigenvalue weighted by Crippen LogP contribution is 2.29. The molecule has 1 amide bonds. The lowest BCUT2D eigenvalue weighted by Gasteiger charge is -2.07. The van der Waals surface area contributed by atoms with E-state index in [4.69, 9.17) is 0 Å². The largest absolute Gasteiger partial charge is 0.416 e. The topological polar surface area (TPSA) is 59.3 Å². The monoisotopic (exact) mass is 340 g/mol. The van der Waals surface area contributed by atoms with Gasteiger partial charge >= 0.3 is 6.18 Å². The van der Waals surface area contributed by atoms with Gasteiger partial charge < -0.3 is 5.32 Å². The Balaban J connectivity index is 1.65. The van der Waals surface area contributed by atoms with Gasteiger partial charge in [0.05, 0.1) is 24.0 Å². The van der Waals surface area contributed by atoms with Crippen molar-refractivity contribution in [2.75, 3.05) is 0 Å². The van der Waals surface area contributed by atoms with Crippen molar-refractivity contribution >= 4 is 22.2 Å². The number of hydrogen-bond acceptors (Lipinski definition) is 4. The van der Waals surface area contributed by atoms with Crippen molar-refractivity contribution in [3.05, 3.63) is 52.3 Å². The molecule has 3 rings (SSSR count). The normalized spacial score (nSPS) is 11.8. The number of aromatic nitrogens is 3. The Labute approximate surface area is 132 Å². The van der Waals surface area contributed by atoms with Crippen LogP contribution in [0.15, 0.2) is 30.5 Å². The molecule has 0 aliphatic rings. The number of alkyl halides is 3. The number of aryl methyl sites for hydroxylation is 1. The Morgan fingerprint density at radius 2 is 2.00 bits per heavy atom. The number of fused-ring (bicyclic) bond motifs is 1. The average molecular weight is 340 g/mol. The van der Waals surface area contributed by atoms with E-state index in [1.165, 1.54) is 11.3 Å². The first-order valence-electron chi connectivity index (χ1n) is 6.60. The van der Waals surface area contributed by atoms with Gasteiger partial charge in [0.1, 0.15) is 5.01 Å². The summed E-state index contributed by atoms with van der Waals surface area (Å²) in [6.45, 7) is 2.04. The molecule has 3 aromatic rings. The van der Waals surface area contributed by atoms with Crippen molar-refractivity contribution in [1.29, 1.82) is 0 Å². The van der Waals surface area contributed by atoms with Crippen LogP contribution in [-0.2, 0) is 12.7 Å². The summed E-state index contributed by atoms with van der Waals surface area (Å²) >= 11 is 1.43. The van der Waals surface area contributed by atoms with Crippen molar-refractivity contribution < 1.29 is 18.0 Å². The van der Waals surface area contributed by atoms with Gasteiger partial charge in [-0.25, -0.2) is 9.50 Å². The summed E-state index contributed by atoms with van der Waals surface area (Å²) in [4.78, 5) is 17.0. The van der Waals surface area contributed by atoms with Crippen molar-refractivity contribution in [2.45, 2.75) is 19.6 Å². The number of halogens is 3. The number of carbonyl (C=O) groups is 1. The summed E-state index contributed by atoms with van der Waals surface area (Å²) in [6, 6.07) is 4.06. The molecule has 0 fully saturated rings. The quantitative estimate of drug-likeness (QED) is 0.797. The van der Waals surface area contributed by atoms with E-state index in [2.05, 4.69) is 15.4 Å². The first-order chi connectivity index (χ1) is 10.8. The number of imidazole rings is 1. The molecule has 2 heterocycles. The molecule has 0 radical (unpaired) electrons. The zero-order chi connectivity index (χ0) is 16.6. The van der Waals surface area contributed by atoms with E-state index in [0.717, 1.165) is 34.2 Å². The van der Waals surface area contributed by atoms with Crippen LogP contribution < -0.4 is 5.32 Å². The maximum absolute atomic E-state index is 12.5. The zero-order valence-electron chi connectivity index (χ0n) is 11.9. The standard InChI is InChI=1S/C14H11F3N4OS/c1-8-20-21-7-11(19-13(21)23-8)6-18-12(22)9-2-4-10(5-3-9)14(15,16)17/h2-5,7H,6H2,1H3,(H,18,22). The highest BCUT2D eigenvalue weighted by Gasteiger charge is 2.30. The molecule has 0 saturated heterocycles. The van der Waals surface area contributed by atoms with Gasteiger partial charge in [0.15, 0.2) is 0 Å². The summed E-state index contributed by atoms with van der Waals surface area (Å²) in [6.07, 6.45) is -2.71. The van der Waals surface area contributed by atoms with Crippen molar-refractivity contribution in [3.8, 4) is 0 Å². The lowest BCUT2D eigenvalue weighted by molar-refractivity contribution is -0.137. The molecule has 9 heteroatoms. The smallest absolute Gasteiger partial charge is 0.346 e. The summed E-state index contributed by atoms with van der Waals surface area (Å²) in [5.41, 5.74) is 0.00170. The van der Waals surface area contributed by atoms with Crippen LogP contribution in [0.4, 0.5) is 13.2 Å². The Morgan fingerprint density at radius 3 is 2.61 bits per heavy atom. The van der Waals surface area contributed by atoms with Crippen LogP contribution in [0.3, 0.4) is 0 Å². The van der Waals surface area contributed by atoms with Crippen LogP contribution in [0.2, 0.25) is 0 Å². The maximum Gasteiger partial charge on any atom is 0.416 e. The molecular weight excluding hydrogens is 329 g/mol. The Morgan fingerprint density at radius 1 is 1.30 bits per heavy atom. The number of nitrogens with one attached hydrogen (secondary N) is 1. The minimum absolute atomic E-state index is 0.160. The van der Waals surface area contributed by atoms with E-state index in [1.807, 2.05) is 6.92 Å². The third kappa shape index (κ3) is 3.34. The van der Waals surface area contributed by atoms with Gasteiger partial charge in [-0.3, -0.25) is 4.79 Å². The Bertz CT molecular complexity index is 820. The van der Waals surface area contributed by atoms with E-state index in [0.29, 0.717) is 5.69 Å². The fraction of sp³-hybridized carbons (Fsp3) is 0.214. The minimum atomic E-state index is -4.41. The van der Waals surface area contributed by atoms with Gasteiger partial charge in [0, 0.05) is 5.56 Å². The van der Waals surface area contributed by atoms with E-state index < -0.39 is 17.6 Å². The Kier molecular flexibility index (Phi) is 3.80. The van der Waals surface area contributed by atoms with E-state index in [1.54, 1.807) is 10.7 Å². The molecule has 5 nitrogen and oxygen atoms in total. The molecule has 0 aliphatic carbocycles. The molecular formula is C14H11F3N4OS. The van der Waals surface area contributed by atoms with Crippen molar-refractivity contribution in [3.63, 3.8) is 0 Å². The first kappa shape index (κ1) is 15.5. The second kappa shape index (κ2) is 5.65. The zero-order valence-corrected chi connectivity index (χ0v) is 12.7. The maximum atomic E-state index is 12.5. The molecule has 23 heavy (non-hydrogen) atoms. The number of nitrogens with zero attached hydrogens (tertiary/aromatic N) is 3. The molecule has 0 spiro atoms. The number of amides is 1. The Hall–Kier alpha value is -2.42. The lowest BCUT2D eigenvalue weighted by atomic mass is 10.1. The number of hydrogen-bond donors (Lipinski definition) is 1. The van der Waals surface area contributed by atoms with Crippen LogP contribution in [0.25, 0.3) is 4.96 Å². The van der Waals surface area contributed by atoms with Crippen LogP contribution in [0.5, 0.6) is 0 Å². The highest BCUT2D eigenvalue weighted by atomic mass is 32.1. The summed E-state index contributed by atoms with van der Waals surface area (Å²) in [5, 5.41) is 7.71. The molecule has 1 aromatic carbocycles. The molecule has 1 N–H and O–H groups in total. The molecule has 2 aromatic heterocycles. The van der Waals surface area contributed by atoms with Gasteiger partial charge in [-0.1, -0.05) is 11.3 Å². The van der Waals surface area contributed by atoms with Crippen molar-refractivity contribution in [1.82, 2.24) is 19.9 Å². The van der Waals surface area contributed by atoms with Crippen LogP contribution in [-0.4, -0.2) is 20.5 Å². The molecule has 0 bridgehead atoms. The van der Waals surface area contributed by atoms with E-state index in [-0.39, 0.29) is 12.1 Å².